The van der Waals surface area contributed by atoms with Crippen molar-refractivity contribution in [3.63, 3.8) is 0 Å². The molecule has 74 valence electrons. The molecular weight excluding hydrogens is 176 g/mol. The third kappa shape index (κ3) is 1.35. The molecule has 0 radical (unpaired) electrons. The quantitative estimate of drug-likeness (QED) is 0.685. The van der Waals surface area contributed by atoms with Gasteiger partial charge in [0, 0.05) is 17.9 Å². The Labute approximate surface area is 82.6 Å². The summed E-state index contributed by atoms with van der Waals surface area (Å²) in [4.78, 5) is 4.52. The molecule has 0 amide bonds. The topological polar surface area (TPSA) is 67.6 Å². The standard InChI is InChI=1S/C10H14N4/c11-8-4-3-7(5-8)10-12-9(13-14-10)6-1-2-6/h3-4,6-8H,1-2,5,11H2,(H,12,13,14). The fourth-order valence-corrected chi connectivity index (χ4v) is 1.91. The molecular formula is C10H14N4. The molecule has 2 aliphatic carbocycles. The van der Waals surface area contributed by atoms with Crippen LogP contribution < -0.4 is 5.73 Å². The van der Waals surface area contributed by atoms with Gasteiger partial charge >= 0.3 is 0 Å². The molecule has 3 rings (SSSR count). The van der Waals surface area contributed by atoms with E-state index >= 15 is 0 Å². The normalized spacial score (nSPS) is 31.2. The van der Waals surface area contributed by atoms with E-state index in [4.69, 9.17) is 5.73 Å². The number of nitrogens with two attached hydrogens (primary N) is 1. The van der Waals surface area contributed by atoms with Crippen LogP contribution >= 0.6 is 0 Å². The minimum Gasteiger partial charge on any atom is -0.324 e. The van der Waals surface area contributed by atoms with Gasteiger partial charge in [0.15, 0.2) is 5.82 Å². The van der Waals surface area contributed by atoms with E-state index in [1.165, 1.54) is 12.8 Å². The number of hydrogen-bond donors (Lipinski definition) is 2. The number of H-pyrrole nitrogens is 1. The van der Waals surface area contributed by atoms with E-state index in [1.807, 2.05) is 6.08 Å². The van der Waals surface area contributed by atoms with E-state index in [0.29, 0.717) is 11.8 Å². The molecule has 0 saturated heterocycles. The van der Waals surface area contributed by atoms with Crippen LogP contribution in [0.3, 0.4) is 0 Å². The number of nitrogens with one attached hydrogen (secondary N) is 1. The van der Waals surface area contributed by atoms with Crippen molar-refractivity contribution in [2.24, 2.45) is 5.73 Å². The molecule has 1 aromatic rings. The van der Waals surface area contributed by atoms with Crippen LogP contribution in [-0.2, 0) is 0 Å². The molecule has 1 fully saturated rings. The van der Waals surface area contributed by atoms with Crippen LogP contribution in [-0.4, -0.2) is 21.2 Å². The van der Waals surface area contributed by atoms with Gasteiger partial charge in [-0.15, -0.1) is 0 Å². The van der Waals surface area contributed by atoms with Crippen LogP contribution in [0.4, 0.5) is 0 Å². The van der Waals surface area contributed by atoms with Gasteiger partial charge in [-0.05, 0) is 19.3 Å². The van der Waals surface area contributed by atoms with Gasteiger partial charge in [-0.2, -0.15) is 5.10 Å². The first-order valence-electron chi connectivity index (χ1n) is 5.19. The third-order valence-corrected chi connectivity index (χ3v) is 2.93. The maximum absolute atomic E-state index is 5.79. The second kappa shape index (κ2) is 2.92. The largest absolute Gasteiger partial charge is 0.324 e. The van der Waals surface area contributed by atoms with Crippen molar-refractivity contribution in [1.82, 2.24) is 15.2 Å². The van der Waals surface area contributed by atoms with Crippen LogP contribution in [0.25, 0.3) is 0 Å². The fraction of sp³-hybridized carbons (Fsp3) is 0.600. The maximum Gasteiger partial charge on any atom is 0.153 e. The molecule has 0 aromatic carbocycles. The van der Waals surface area contributed by atoms with Gasteiger partial charge in [-0.25, -0.2) is 4.98 Å². The van der Waals surface area contributed by atoms with Crippen molar-refractivity contribution in [3.05, 3.63) is 23.8 Å². The number of aromatic amines is 1. The zero-order chi connectivity index (χ0) is 9.54. The third-order valence-electron chi connectivity index (χ3n) is 2.93. The molecule has 0 bridgehead atoms. The van der Waals surface area contributed by atoms with Crippen molar-refractivity contribution in [3.8, 4) is 0 Å². The summed E-state index contributed by atoms with van der Waals surface area (Å²) in [6, 6.07) is 0.189. The average molecular weight is 190 g/mol. The van der Waals surface area contributed by atoms with Crippen molar-refractivity contribution in [2.75, 3.05) is 0 Å². The summed E-state index contributed by atoms with van der Waals surface area (Å²) in [5, 5.41) is 7.26. The summed E-state index contributed by atoms with van der Waals surface area (Å²) in [6.45, 7) is 0. The van der Waals surface area contributed by atoms with Crippen LogP contribution in [0, 0.1) is 0 Å². The number of nitrogens with zero attached hydrogens (tertiary/aromatic N) is 2. The SMILES string of the molecule is NC1C=CC(c2nc(C3CC3)n[nH]2)C1. The Hall–Kier alpha value is -1.16. The minimum absolute atomic E-state index is 0.189. The zero-order valence-electron chi connectivity index (χ0n) is 7.98. The molecule has 4 heteroatoms. The Kier molecular flexibility index (Phi) is 1.70. The van der Waals surface area contributed by atoms with Gasteiger partial charge in [0.25, 0.3) is 0 Å². The van der Waals surface area contributed by atoms with Crippen LogP contribution in [0.1, 0.15) is 42.7 Å². The maximum atomic E-state index is 5.79. The predicted molar refractivity (Wildman–Crippen MR) is 52.8 cm³/mol. The van der Waals surface area contributed by atoms with Gasteiger partial charge in [0.1, 0.15) is 5.82 Å². The lowest BCUT2D eigenvalue weighted by Crippen LogP contribution is -2.14. The van der Waals surface area contributed by atoms with Gasteiger partial charge < -0.3 is 5.73 Å². The zero-order valence-corrected chi connectivity index (χ0v) is 7.98. The molecule has 4 nitrogen and oxygen atoms in total. The first-order valence-corrected chi connectivity index (χ1v) is 5.19. The minimum atomic E-state index is 0.189. The van der Waals surface area contributed by atoms with Gasteiger partial charge in [0.05, 0.1) is 0 Å². The second-order valence-corrected chi connectivity index (χ2v) is 4.24. The van der Waals surface area contributed by atoms with E-state index in [2.05, 4.69) is 21.3 Å². The van der Waals surface area contributed by atoms with Crippen LogP contribution in [0.2, 0.25) is 0 Å². The molecule has 1 heterocycles. The summed E-state index contributed by atoms with van der Waals surface area (Å²) >= 11 is 0. The number of rotatable bonds is 2. The summed E-state index contributed by atoms with van der Waals surface area (Å²) in [5.41, 5.74) is 5.79. The fourth-order valence-electron chi connectivity index (χ4n) is 1.91. The van der Waals surface area contributed by atoms with Crippen molar-refractivity contribution in [2.45, 2.75) is 37.1 Å². The Morgan fingerprint density at radius 1 is 1.36 bits per heavy atom. The summed E-state index contributed by atoms with van der Waals surface area (Å²) in [5.74, 6) is 2.95. The second-order valence-electron chi connectivity index (χ2n) is 4.24. The Bertz CT molecular complexity index is 364. The van der Waals surface area contributed by atoms with E-state index < -0.39 is 0 Å². The highest BCUT2D eigenvalue weighted by atomic mass is 15.2. The molecule has 2 atom stereocenters. The van der Waals surface area contributed by atoms with Crippen molar-refractivity contribution in [1.29, 1.82) is 0 Å². The predicted octanol–water partition coefficient (Wildman–Crippen LogP) is 1.05. The Morgan fingerprint density at radius 3 is 2.86 bits per heavy atom. The molecule has 2 unspecified atom stereocenters. The summed E-state index contributed by atoms with van der Waals surface area (Å²) < 4.78 is 0. The molecule has 0 aliphatic heterocycles. The van der Waals surface area contributed by atoms with E-state index in [9.17, 15) is 0 Å². The molecule has 1 saturated carbocycles. The van der Waals surface area contributed by atoms with Crippen LogP contribution in [0.5, 0.6) is 0 Å². The Balaban J connectivity index is 1.79. The number of hydrogen-bond acceptors (Lipinski definition) is 3. The van der Waals surface area contributed by atoms with Crippen LogP contribution in [0.15, 0.2) is 12.2 Å². The van der Waals surface area contributed by atoms with E-state index in [1.54, 1.807) is 0 Å². The first-order chi connectivity index (χ1) is 6.83. The van der Waals surface area contributed by atoms with Gasteiger partial charge in [0.2, 0.25) is 0 Å². The lowest BCUT2D eigenvalue weighted by Gasteiger charge is -2.03. The summed E-state index contributed by atoms with van der Waals surface area (Å²) in [7, 11) is 0. The van der Waals surface area contributed by atoms with E-state index in [-0.39, 0.29) is 6.04 Å². The van der Waals surface area contributed by atoms with Crippen molar-refractivity contribution < 1.29 is 0 Å². The molecule has 3 N–H and O–H groups in total. The summed E-state index contributed by atoms with van der Waals surface area (Å²) in [6.07, 6.45) is 7.62. The first kappa shape index (κ1) is 8.17. The van der Waals surface area contributed by atoms with E-state index in [0.717, 1.165) is 18.1 Å². The number of aromatic nitrogens is 3. The Morgan fingerprint density at radius 2 is 2.21 bits per heavy atom. The lowest BCUT2D eigenvalue weighted by atomic mass is 10.1. The average Bonchev–Trinajstić information content (AvgIpc) is 2.76. The molecule has 2 aliphatic rings. The smallest absolute Gasteiger partial charge is 0.153 e. The van der Waals surface area contributed by atoms with Crippen molar-refractivity contribution >= 4 is 0 Å². The molecule has 14 heavy (non-hydrogen) atoms. The molecule has 1 aromatic heterocycles. The highest BCUT2D eigenvalue weighted by molar-refractivity contribution is 5.18. The highest BCUT2D eigenvalue weighted by Crippen LogP contribution is 2.38. The highest BCUT2D eigenvalue weighted by Gasteiger charge is 2.29. The number of allylic oxidation sites excluding steroid dienone is 1. The lowest BCUT2D eigenvalue weighted by molar-refractivity contribution is 0.679. The molecule has 0 spiro atoms. The van der Waals surface area contributed by atoms with Gasteiger partial charge in [-0.3, -0.25) is 5.10 Å². The monoisotopic (exact) mass is 190 g/mol. The van der Waals surface area contributed by atoms with Gasteiger partial charge in [-0.1, -0.05) is 12.2 Å².